The molecule has 82 valence electrons. The Bertz CT molecular complexity index is 177. The molecule has 0 amide bonds. The Labute approximate surface area is 87.8 Å². The normalized spacial score (nSPS) is 34.7. The highest BCUT2D eigenvalue weighted by atomic mass is 15.2. The van der Waals surface area contributed by atoms with Crippen LogP contribution >= 0.6 is 0 Å². The van der Waals surface area contributed by atoms with Crippen molar-refractivity contribution in [1.82, 2.24) is 4.90 Å². The van der Waals surface area contributed by atoms with E-state index >= 15 is 0 Å². The predicted molar refractivity (Wildman–Crippen MR) is 60.2 cm³/mol. The highest BCUT2D eigenvalue weighted by Crippen LogP contribution is 2.33. The number of nitrogens with two attached hydrogens (primary N) is 1. The van der Waals surface area contributed by atoms with Gasteiger partial charge in [0.15, 0.2) is 0 Å². The Kier molecular flexibility index (Phi) is 3.45. The van der Waals surface area contributed by atoms with Gasteiger partial charge in [-0.25, -0.2) is 0 Å². The summed E-state index contributed by atoms with van der Waals surface area (Å²) in [5, 5.41) is 0. The first kappa shape index (κ1) is 10.4. The molecule has 2 aliphatic rings. The zero-order chi connectivity index (χ0) is 9.97. The lowest BCUT2D eigenvalue weighted by Gasteiger charge is -2.39. The van der Waals surface area contributed by atoms with Gasteiger partial charge in [-0.05, 0) is 44.2 Å². The minimum absolute atomic E-state index is 0.669. The molecular weight excluding hydrogens is 172 g/mol. The number of hydrogen-bond donors (Lipinski definition) is 1. The Morgan fingerprint density at radius 2 is 2.07 bits per heavy atom. The van der Waals surface area contributed by atoms with Crippen LogP contribution in [0.1, 0.15) is 39.0 Å². The van der Waals surface area contributed by atoms with Crippen LogP contribution in [0.15, 0.2) is 0 Å². The SMILES string of the molecule is CC1CCCN(CCC2CC2)C1CN. The second-order valence-electron chi connectivity index (χ2n) is 5.19. The van der Waals surface area contributed by atoms with E-state index in [4.69, 9.17) is 5.73 Å². The van der Waals surface area contributed by atoms with E-state index in [1.807, 2.05) is 0 Å². The molecule has 0 aromatic carbocycles. The van der Waals surface area contributed by atoms with Crippen molar-refractivity contribution in [3.8, 4) is 0 Å². The average Bonchev–Trinajstić information content (AvgIpc) is 2.98. The summed E-state index contributed by atoms with van der Waals surface area (Å²) in [5.41, 5.74) is 5.86. The molecule has 1 aliphatic carbocycles. The van der Waals surface area contributed by atoms with Crippen molar-refractivity contribution >= 4 is 0 Å². The third kappa shape index (κ3) is 2.48. The van der Waals surface area contributed by atoms with E-state index in [0.29, 0.717) is 6.04 Å². The fourth-order valence-electron chi connectivity index (χ4n) is 2.75. The highest BCUT2D eigenvalue weighted by molar-refractivity contribution is 4.84. The van der Waals surface area contributed by atoms with Crippen molar-refractivity contribution in [1.29, 1.82) is 0 Å². The van der Waals surface area contributed by atoms with Crippen LogP contribution in [0.5, 0.6) is 0 Å². The summed E-state index contributed by atoms with van der Waals surface area (Å²) in [6.07, 6.45) is 7.14. The van der Waals surface area contributed by atoms with Crippen LogP contribution in [0.4, 0.5) is 0 Å². The molecule has 1 heterocycles. The highest BCUT2D eigenvalue weighted by Gasteiger charge is 2.29. The van der Waals surface area contributed by atoms with Crippen molar-refractivity contribution in [3.63, 3.8) is 0 Å². The van der Waals surface area contributed by atoms with Gasteiger partial charge in [0.05, 0.1) is 0 Å². The van der Waals surface area contributed by atoms with Gasteiger partial charge in [-0.2, -0.15) is 0 Å². The van der Waals surface area contributed by atoms with E-state index in [2.05, 4.69) is 11.8 Å². The van der Waals surface area contributed by atoms with Gasteiger partial charge >= 0.3 is 0 Å². The minimum Gasteiger partial charge on any atom is -0.329 e. The molecule has 2 atom stereocenters. The van der Waals surface area contributed by atoms with Crippen LogP contribution in [0.2, 0.25) is 0 Å². The van der Waals surface area contributed by atoms with E-state index < -0.39 is 0 Å². The largest absolute Gasteiger partial charge is 0.329 e. The second-order valence-corrected chi connectivity index (χ2v) is 5.19. The molecule has 1 saturated heterocycles. The number of likely N-dealkylation sites (tertiary alicyclic amines) is 1. The summed E-state index contributed by atoms with van der Waals surface area (Å²) in [6, 6.07) is 0.669. The molecule has 2 rings (SSSR count). The second kappa shape index (κ2) is 4.63. The zero-order valence-corrected chi connectivity index (χ0v) is 9.41. The summed E-state index contributed by atoms with van der Waals surface area (Å²) in [6.45, 7) is 5.81. The van der Waals surface area contributed by atoms with Gasteiger partial charge in [0.1, 0.15) is 0 Å². The third-order valence-electron chi connectivity index (χ3n) is 3.99. The molecule has 2 fully saturated rings. The molecule has 0 aromatic rings. The molecule has 0 bridgehead atoms. The summed E-state index contributed by atoms with van der Waals surface area (Å²) in [7, 11) is 0. The maximum Gasteiger partial charge on any atom is 0.0243 e. The van der Waals surface area contributed by atoms with Gasteiger partial charge in [-0.15, -0.1) is 0 Å². The van der Waals surface area contributed by atoms with Crippen LogP contribution in [0.25, 0.3) is 0 Å². The molecule has 2 nitrogen and oxygen atoms in total. The monoisotopic (exact) mass is 196 g/mol. The first-order chi connectivity index (χ1) is 6.81. The summed E-state index contributed by atoms with van der Waals surface area (Å²) in [5.74, 6) is 1.87. The van der Waals surface area contributed by atoms with E-state index in [1.165, 1.54) is 45.2 Å². The van der Waals surface area contributed by atoms with Gasteiger partial charge < -0.3 is 5.73 Å². The molecule has 0 aromatic heterocycles. The standard InChI is InChI=1S/C12H24N2/c1-10-3-2-7-14(12(10)9-13)8-6-11-4-5-11/h10-12H,2-9,13H2,1H3. The number of piperidine rings is 1. The summed E-state index contributed by atoms with van der Waals surface area (Å²) in [4.78, 5) is 2.65. The van der Waals surface area contributed by atoms with Crippen molar-refractivity contribution in [2.75, 3.05) is 19.6 Å². The Morgan fingerprint density at radius 3 is 2.71 bits per heavy atom. The third-order valence-corrected chi connectivity index (χ3v) is 3.99. The smallest absolute Gasteiger partial charge is 0.0243 e. The van der Waals surface area contributed by atoms with Gasteiger partial charge in [0.25, 0.3) is 0 Å². The van der Waals surface area contributed by atoms with Crippen molar-refractivity contribution in [2.45, 2.75) is 45.1 Å². The molecule has 0 radical (unpaired) electrons. The summed E-state index contributed by atoms with van der Waals surface area (Å²) >= 11 is 0. The first-order valence-corrected chi connectivity index (χ1v) is 6.25. The molecular formula is C12H24N2. The average molecular weight is 196 g/mol. The molecule has 1 aliphatic heterocycles. The van der Waals surface area contributed by atoms with Gasteiger partial charge in [-0.3, -0.25) is 4.90 Å². The van der Waals surface area contributed by atoms with E-state index in [0.717, 1.165) is 18.4 Å². The van der Waals surface area contributed by atoms with Crippen LogP contribution in [-0.4, -0.2) is 30.6 Å². The molecule has 14 heavy (non-hydrogen) atoms. The van der Waals surface area contributed by atoms with Crippen LogP contribution in [0, 0.1) is 11.8 Å². The first-order valence-electron chi connectivity index (χ1n) is 6.25. The zero-order valence-electron chi connectivity index (χ0n) is 9.41. The topological polar surface area (TPSA) is 29.3 Å². The maximum atomic E-state index is 5.86. The predicted octanol–water partition coefficient (Wildman–Crippen LogP) is 1.85. The number of rotatable bonds is 4. The van der Waals surface area contributed by atoms with Crippen molar-refractivity contribution < 1.29 is 0 Å². The molecule has 2 N–H and O–H groups in total. The summed E-state index contributed by atoms with van der Waals surface area (Å²) < 4.78 is 0. The minimum atomic E-state index is 0.669. The lowest BCUT2D eigenvalue weighted by atomic mass is 9.90. The van der Waals surface area contributed by atoms with Gasteiger partial charge in [-0.1, -0.05) is 19.8 Å². The molecule has 0 spiro atoms. The molecule has 2 unspecified atom stereocenters. The van der Waals surface area contributed by atoms with E-state index in [-0.39, 0.29) is 0 Å². The Balaban J connectivity index is 1.80. The van der Waals surface area contributed by atoms with Crippen molar-refractivity contribution in [2.24, 2.45) is 17.6 Å². The number of hydrogen-bond acceptors (Lipinski definition) is 2. The number of nitrogens with zero attached hydrogens (tertiary/aromatic N) is 1. The van der Waals surface area contributed by atoms with E-state index in [9.17, 15) is 0 Å². The molecule has 1 saturated carbocycles. The van der Waals surface area contributed by atoms with E-state index in [1.54, 1.807) is 0 Å². The van der Waals surface area contributed by atoms with Crippen LogP contribution < -0.4 is 5.73 Å². The Hall–Kier alpha value is -0.0800. The lowest BCUT2D eigenvalue weighted by molar-refractivity contribution is 0.103. The Morgan fingerprint density at radius 1 is 1.29 bits per heavy atom. The lowest BCUT2D eigenvalue weighted by Crippen LogP contribution is -2.48. The van der Waals surface area contributed by atoms with Crippen molar-refractivity contribution in [3.05, 3.63) is 0 Å². The van der Waals surface area contributed by atoms with Gasteiger partial charge in [0, 0.05) is 12.6 Å². The maximum absolute atomic E-state index is 5.86. The van der Waals surface area contributed by atoms with Crippen LogP contribution in [0.3, 0.4) is 0 Å². The molecule has 2 heteroatoms. The quantitative estimate of drug-likeness (QED) is 0.743. The fraction of sp³-hybridized carbons (Fsp3) is 1.00. The van der Waals surface area contributed by atoms with Gasteiger partial charge in [0.2, 0.25) is 0 Å². The fourth-order valence-corrected chi connectivity index (χ4v) is 2.75. The van der Waals surface area contributed by atoms with Crippen LogP contribution in [-0.2, 0) is 0 Å².